The Morgan fingerprint density at radius 2 is 1.61 bits per heavy atom. The summed E-state index contributed by atoms with van der Waals surface area (Å²) in [5, 5.41) is 0. The molecule has 0 radical (unpaired) electrons. The monoisotopic (exact) mass is 397 g/mol. The zero-order valence-corrected chi connectivity index (χ0v) is 17.2. The maximum Gasteiger partial charge on any atom is 0.241 e. The van der Waals surface area contributed by atoms with Crippen LogP contribution < -0.4 is 9.46 Å². The Morgan fingerprint density at radius 1 is 0.929 bits per heavy atom. The summed E-state index contributed by atoms with van der Waals surface area (Å²) in [6.07, 6.45) is 1.43. The van der Waals surface area contributed by atoms with Crippen LogP contribution in [0, 0.1) is 20.8 Å². The second kappa shape index (κ2) is 8.08. The third-order valence-electron chi connectivity index (χ3n) is 4.63. The van der Waals surface area contributed by atoms with Gasteiger partial charge in [-0.25, -0.2) is 23.1 Å². The molecule has 3 aromatic rings. The van der Waals surface area contributed by atoms with Gasteiger partial charge in [0.1, 0.15) is 12.1 Å². The van der Waals surface area contributed by atoms with Crippen molar-refractivity contribution in [3.05, 3.63) is 71.2 Å². The van der Waals surface area contributed by atoms with Gasteiger partial charge in [0, 0.05) is 5.56 Å². The Kier molecular flexibility index (Phi) is 5.76. The van der Waals surface area contributed by atoms with Gasteiger partial charge in [-0.05, 0) is 73.9 Å². The van der Waals surface area contributed by atoms with Crippen molar-refractivity contribution < 1.29 is 13.2 Å². The summed E-state index contributed by atoms with van der Waals surface area (Å²) in [4.78, 5) is 8.75. The lowest BCUT2D eigenvalue weighted by molar-refractivity contribution is 0.415. The normalized spacial score (nSPS) is 11.4. The molecule has 2 aromatic carbocycles. The highest BCUT2D eigenvalue weighted by Crippen LogP contribution is 2.22. The van der Waals surface area contributed by atoms with Crippen molar-refractivity contribution in [3.8, 4) is 17.0 Å². The number of hydrogen-bond donors (Lipinski definition) is 1. The van der Waals surface area contributed by atoms with Crippen LogP contribution in [0.2, 0.25) is 0 Å². The molecule has 0 saturated carbocycles. The van der Waals surface area contributed by atoms with E-state index in [0.717, 1.165) is 28.0 Å². The van der Waals surface area contributed by atoms with Gasteiger partial charge in [0.25, 0.3) is 0 Å². The molecule has 28 heavy (non-hydrogen) atoms. The van der Waals surface area contributed by atoms with E-state index < -0.39 is 10.0 Å². The lowest BCUT2D eigenvalue weighted by atomic mass is 10.1. The van der Waals surface area contributed by atoms with Crippen LogP contribution in [0.1, 0.15) is 22.4 Å². The van der Waals surface area contributed by atoms with Crippen molar-refractivity contribution in [2.75, 3.05) is 7.11 Å². The summed E-state index contributed by atoms with van der Waals surface area (Å²) < 4.78 is 33.3. The lowest BCUT2D eigenvalue weighted by Gasteiger charge is -2.12. The summed E-state index contributed by atoms with van der Waals surface area (Å²) in [7, 11) is -2.03. The van der Waals surface area contributed by atoms with E-state index in [9.17, 15) is 8.42 Å². The minimum Gasteiger partial charge on any atom is -0.497 e. The molecule has 0 saturated heterocycles. The molecular formula is C21H23N3O3S. The first-order valence-electron chi connectivity index (χ1n) is 8.83. The number of aromatic nitrogens is 2. The van der Waals surface area contributed by atoms with Gasteiger partial charge in [-0.3, -0.25) is 0 Å². The molecule has 6 nitrogen and oxygen atoms in total. The van der Waals surface area contributed by atoms with E-state index in [4.69, 9.17) is 4.74 Å². The minimum absolute atomic E-state index is 0.0837. The first-order valence-corrected chi connectivity index (χ1v) is 10.3. The molecule has 0 amide bonds. The molecule has 146 valence electrons. The number of sulfonamides is 1. The SMILES string of the molecule is COc1ccc(-c2cc(CNS(=O)(=O)c3cc(C)c(C)cc3C)ncn2)cc1. The summed E-state index contributed by atoms with van der Waals surface area (Å²) in [6.45, 7) is 5.75. The van der Waals surface area contributed by atoms with Gasteiger partial charge in [-0.2, -0.15) is 0 Å². The van der Waals surface area contributed by atoms with Crippen LogP contribution in [0.15, 0.2) is 53.7 Å². The Bertz CT molecular complexity index is 1090. The second-order valence-corrected chi connectivity index (χ2v) is 8.38. The molecule has 0 spiro atoms. The van der Waals surface area contributed by atoms with Crippen molar-refractivity contribution >= 4 is 10.0 Å². The van der Waals surface area contributed by atoms with Crippen molar-refractivity contribution in [2.45, 2.75) is 32.2 Å². The molecule has 7 heteroatoms. The Morgan fingerprint density at radius 3 is 2.29 bits per heavy atom. The van der Waals surface area contributed by atoms with Crippen LogP contribution >= 0.6 is 0 Å². The fourth-order valence-corrected chi connectivity index (χ4v) is 4.19. The zero-order valence-electron chi connectivity index (χ0n) is 16.4. The van der Waals surface area contributed by atoms with Crippen molar-refractivity contribution in [3.63, 3.8) is 0 Å². The second-order valence-electron chi connectivity index (χ2n) is 6.65. The number of benzene rings is 2. The molecule has 0 aliphatic carbocycles. The maximum atomic E-state index is 12.7. The highest BCUT2D eigenvalue weighted by atomic mass is 32.2. The Hall–Kier alpha value is -2.77. The maximum absolute atomic E-state index is 12.7. The molecule has 1 N–H and O–H groups in total. The number of hydrogen-bond acceptors (Lipinski definition) is 5. The van der Waals surface area contributed by atoms with Crippen LogP contribution in [0.5, 0.6) is 5.75 Å². The number of methoxy groups -OCH3 is 1. The highest BCUT2D eigenvalue weighted by molar-refractivity contribution is 7.89. The smallest absolute Gasteiger partial charge is 0.241 e. The minimum atomic E-state index is -3.64. The molecule has 0 aliphatic heterocycles. The van der Waals surface area contributed by atoms with Crippen molar-refractivity contribution in [1.29, 1.82) is 0 Å². The summed E-state index contributed by atoms with van der Waals surface area (Å²) >= 11 is 0. The van der Waals surface area contributed by atoms with E-state index >= 15 is 0 Å². The quantitative estimate of drug-likeness (QED) is 0.688. The van der Waals surface area contributed by atoms with E-state index in [-0.39, 0.29) is 6.54 Å². The van der Waals surface area contributed by atoms with E-state index in [0.29, 0.717) is 16.3 Å². The molecule has 0 unspecified atom stereocenters. The standard InChI is InChI=1S/C21H23N3O3S/c1-14-9-16(3)21(10-15(14)2)28(25,26)24-12-18-11-20(23-13-22-18)17-5-7-19(27-4)8-6-17/h5-11,13,24H,12H2,1-4H3. The van der Waals surface area contributed by atoms with Gasteiger partial charge < -0.3 is 4.74 Å². The Balaban J connectivity index is 1.80. The van der Waals surface area contributed by atoms with Gasteiger partial charge >= 0.3 is 0 Å². The summed E-state index contributed by atoms with van der Waals surface area (Å²) in [5.41, 5.74) is 4.93. The van der Waals surface area contributed by atoms with Crippen LogP contribution in [-0.2, 0) is 16.6 Å². The summed E-state index contributed by atoms with van der Waals surface area (Å²) in [6, 6.07) is 12.9. The van der Waals surface area contributed by atoms with Crippen LogP contribution in [0.25, 0.3) is 11.3 Å². The largest absolute Gasteiger partial charge is 0.497 e. The average Bonchev–Trinajstić information content (AvgIpc) is 2.69. The summed E-state index contributed by atoms with van der Waals surface area (Å²) in [5.74, 6) is 0.759. The molecule has 0 atom stereocenters. The molecule has 3 rings (SSSR count). The van der Waals surface area contributed by atoms with Gasteiger partial charge in [-0.1, -0.05) is 6.07 Å². The number of aryl methyl sites for hydroxylation is 3. The van der Waals surface area contributed by atoms with E-state index in [1.807, 2.05) is 44.2 Å². The molecule has 0 aliphatic rings. The predicted molar refractivity (Wildman–Crippen MR) is 109 cm³/mol. The topological polar surface area (TPSA) is 81.2 Å². The predicted octanol–water partition coefficient (Wildman–Crippen LogP) is 3.56. The third kappa shape index (κ3) is 4.37. The number of nitrogens with one attached hydrogen (secondary N) is 1. The zero-order chi connectivity index (χ0) is 20.3. The van der Waals surface area contributed by atoms with Gasteiger partial charge in [0.05, 0.1) is 29.9 Å². The van der Waals surface area contributed by atoms with Gasteiger partial charge in [0.2, 0.25) is 10.0 Å². The van der Waals surface area contributed by atoms with Crippen LogP contribution in [-0.4, -0.2) is 25.5 Å². The van der Waals surface area contributed by atoms with E-state index in [2.05, 4.69) is 14.7 Å². The van der Waals surface area contributed by atoms with Crippen molar-refractivity contribution in [1.82, 2.24) is 14.7 Å². The molecular weight excluding hydrogens is 374 g/mol. The fourth-order valence-electron chi connectivity index (χ4n) is 2.88. The molecule has 0 fully saturated rings. The van der Waals surface area contributed by atoms with Crippen LogP contribution in [0.3, 0.4) is 0 Å². The van der Waals surface area contributed by atoms with E-state index in [1.54, 1.807) is 26.2 Å². The van der Waals surface area contributed by atoms with E-state index in [1.165, 1.54) is 6.33 Å². The molecule has 0 bridgehead atoms. The Labute approximate surface area is 165 Å². The first kappa shape index (κ1) is 20.0. The number of ether oxygens (including phenoxy) is 1. The fraction of sp³-hybridized carbons (Fsp3) is 0.238. The lowest BCUT2D eigenvalue weighted by Crippen LogP contribution is -2.24. The highest BCUT2D eigenvalue weighted by Gasteiger charge is 2.18. The van der Waals surface area contributed by atoms with Gasteiger partial charge in [-0.15, -0.1) is 0 Å². The number of nitrogens with zero attached hydrogens (tertiary/aromatic N) is 2. The third-order valence-corrected chi connectivity index (χ3v) is 6.18. The van der Waals surface area contributed by atoms with Gasteiger partial charge in [0.15, 0.2) is 0 Å². The van der Waals surface area contributed by atoms with Crippen molar-refractivity contribution in [2.24, 2.45) is 0 Å². The number of rotatable bonds is 6. The first-order chi connectivity index (χ1) is 13.3. The molecule has 1 heterocycles. The van der Waals surface area contributed by atoms with Crippen LogP contribution in [0.4, 0.5) is 0 Å². The average molecular weight is 398 g/mol. The molecule has 1 aromatic heterocycles.